The molecule has 1 unspecified atom stereocenters. The largest absolute Gasteiger partial charge is 0.288 e. The highest BCUT2D eigenvalue weighted by atomic mass is 127. The van der Waals surface area contributed by atoms with Crippen molar-refractivity contribution < 1.29 is 4.84 Å². The van der Waals surface area contributed by atoms with Crippen LogP contribution in [-0.2, 0) is 4.84 Å². The van der Waals surface area contributed by atoms with E-state index in [9.17, 15) is 0 Å². The number of hydroxylamine groups is 1. The molecule has 0 radical (unpaired) electrons. The standard InChI is InChI=1S/C5H7IN2O/c6-8-2-1-5(3-7)4-9-8/h5H,1-2,4H2. The topological polar surface area (TPSA) is 36.3 Å². The molecule has 1 aliphatic heterocycles. The molecule has 1 rings (SSSR count). The summed E-state index contributed by atoms with van der Waals surface area (Å²) < 4.78 is 1.74. The average molecular weight is 238 g/mol. The molecule has 0 aromatic heterocycles. The number of hydrogen-bond acceptors (Lipinski definition) is 3. The SMILES string of the molecule is N#CC1CCN(I)OC1. The van der Waals surface area contributed by atoms with Gasteiger partial charge < -0.3 is 0 Å². The highest BCUT2D eigenvalue weighted by Gasteiger charge is 2.16. The first-order valence-electron chi connectivity index (χ1n) is 2.79. The summed E-state index contributed by atoms with van der Waals surface area (Å²) >= 11 is 2.08. The Labute approximate surface area is 68.0 Å². The van der Waals surface area contributed by atoms with Crippen LogP contribution in [0.5, 0.6) is 0 Å². The van der Waals surface area contributed by atoms with E-state index in [-0.39, 0.29) is 5.92 Å². The van der Waals surface area contributed by atoms with Gasteiger partial charge in [0.05, 0.1) is 18.6 Å². The summed E-state index contributed by atoms with van der Waals surface area (Å²) in [4.78, 5) is 5.08. The van der Waals surface area contributed by atoms with E-state index >= 15 is 0 Å². The smallest absolute Gasteiger partial charge is 0.0853 e. The Bertz CT molecular complexity index is 125. The van der Waals surface area contributed by atoms with Crippen molar-refractivity contribution in [1.82, 2.24) is 3.28 Å². The van der Waals surface area contributed by atoms with E-state index in [1.165, 1.54) is 0 Å². The average Bonchev–Trinajstić information content (AvgIpc) is 1.90. The lowest BCUT2D eigenvalue weighted by atomic mass is 10.1. The maximum atomic E-state index is 8.43. The van der Waals surface area contributed by atoms with E-state index < -0.39 is 0 Å². The highest BCUT2D eigenvalue weighted by molar-refractivity contribution is 14.1. The number of nitrogens with zero attached hydrogens (tertiary/aromatic N) is 2. The molecule has 1 heterocycles. The normalized spacial score (nSPS) is 29.6. The van der Waals surface area contributed by atoms with Gasteiger partial charge in [0.25, 0.3) is 0 Å². The molecule has 1 fully saturated rings. The van der Waals surface area contributed by atoms with Crippen molar-refractivity contribution in [3.8, 4) is 6.07 Å². The summed E-state index contributed by atoms with van der Waals surface area (Å²) in [7, 11) is 0. The van der Waals surface area contributed by atoms with E-state index in [0.29, 0.717) is 6.61 Å². The third-order valence-corrected chi connectivity index (χ3v) is 2.01. The minimum absolute atomic E-state index is 0.107. The van der Waals surface area contributed by atoms with Crippen LogP contribution in [0.3, 0.4) is 0 Å². The third-order valence-electron chi connectivity index (χ3n) is 1.25. The summed E-state index contributed by atoms with van der Waals surface area (Å²) in [5.74, 6) is 0.107. The van der Waals surface area contributed by atoms with E-state index in [4.69, 9.17) is 10.1 Å². The molecule has 50 valence electrons. The molecule has 9 heavy (non-hydrogen) atoms. The lowest BCUT2D eigenvalue weighted by molar-refractivity contribution is -0.0952. The second-order valence-electron chi connectivity index (χ2n) is 1.95. The van der Waals surface area contributed by atoms with Crippen molar-refractivity contribution in [3.05, 3.63) is 0 Å². The molecule has 0 aromatic rings. The maximum Gasteiger partial charge on any atom is 0.0853 e. The van der Waals surface area contributed by atoms with Crippen molar-refractivity contribution in [2.45, 2.75) is 6.42 Å². The molecule has 4 heteroatoms. The van der Waals surface area contributed by atoms with E-state index in [0.717, 1.165) is 13.0 Å². The molecule has 3 nitrogen and oxygen atoms in total. The van der Waals surface area contributed by atoms with Gasteiger partial charge in [-0.3, -0.25) is 4.84 Å². The first-order chi connectivity index (χ1) is 4.33. The van der Waals surface area contributed by atoms with Crippen molar-refractivity contribution in [2.75, 3.05) is 13.2 Å². The molecular formula is C5H7IN2O. The second kappa shape index (κ2) is 3.34. The van der Waals surface area contributed by atoms with E-state index in [1.54, 1.807) is 3.28 Å². The quantitative estimate of drug-likeness (QED) is 0.468. The molecule has 0 aromatic carbocycles. The van der Waals surface area contributed by atoms with Gasteiger partial charge in [0, 0.05) is 29.4 Å². The summed E-state index contributed by atoms with van der Waals surface area (Å²) in [5.41, 5.74) is 0. The number of halogens is 1. The van der Waals surface area contributed by atoms with Crippen molar-refractivity contribution >= 4 is 22.9 Å². The van der Waals surface area contributed by atoms with E-state index in [2.05, 4.69) is 28.9 Å². The van der Waals surface area contributed by atoms with Crippen LogP contribution in [0.25, 0.3) is 0 Å². The molecule has 0 saturated carbocycles. The molecule has 0 spiro atoms. The zero-order valence-corrected chi connectivity index (χ0v) is 7.04. The lowest BCUT2D eigenvalue weighted by Gasteiger charge is -2.22. The second-order valence-corrected chi connectivity index (χ2v) is 3.03. The van der Waals surface area contributed by atoms with Gasteiger partial charge in [-0.25, -0.2) is 0 Å². The summed E-state index contributed by atoms with van der Waals surface area (Å²) in [6, 6.07) is 2.17. The molecule has 1 atom stereocenters. The molecular weight excluding hydrogens is 231 g/mol. The van der Waals surface area contributed by atoms with Crippen LogP contribution in [0, 0.1) is 17.2 Å². The maximum absolute atomic E-state index is 8.43. The van der Waals surface area contributed by atoms with Gasteiger partial charge in [-0.05, 0) is 6.42 Å². The third kappa shape index (κ3) is 2.08. The molecule has 1 saturated heterocycles. The lowest BCUT2D eigenvalue weighted by Crippen LogP contribution is -2.26. The van der Waals surface area contributed by atoms with Crippen LogP contribution in [0.15, 0.2) is 0 Å². The van der Waals surface area contributed by atoms with Gasteiger partial charge in [0.1, 0.15) is 0 Å². The van der Waals surface area contributed by atoms with Crippen LogP contribution in [0.2, 0.25) is 0 Å². The van der Waals surface area contributed by atoms with Crippen LogP contribution in [-0.4, -0.2) is 16.4 Å². The minimum atomic E-state index is 0.107. The Kier molecular flexibility index (Phi) is 2.69. The first-order valence-corrected chi connectivity index (χ1v) is 3.75. The molecule has 1 aliphatic rings. The molecule has 0 amide bonds. The van der Waals surface area contributed by atoms with Crippen LogP contribution in [0.4, 0.5) is 0 Å². The minimum Gasteiger partial charge on any atom is -0.288 e. The van der Waals surface area contributed by atoms with Gasteiger partial charge in [0.15, 0.2) is 0 Å². The zero-order valence-electron chi connectivity index (χ0n) is 4.88. The Balaban J connectivity index is 2.28. The van der Waals surface area contributed by atoms with Crippen LogP contribution < -0.4 is 0 Å². The Morgan fingerprint density at radius 3 is 3.00 bits per heavy atom. The van der Waals surface area contributed by atoms with Gasteiger partial charge in [-0.1, -0.05) is 0 Å². The van der Waals surface area contributed by atoms with E-state index in [1.807, 2.05) is 0 Å². The highest BCUT2D eigenvalue weighted by Crippen LogP contribution is 2.14. The molecule has 0 N–H and O–H groups in total. The fourth-order valence-electron chi connectivity index (χ4n) is 0.678. The van der Waals surface area contributed by atoms with Crippen molar-refractivity contribution in [2.24, 2.45) is 5.92 Å². The molecule has 0 bridgehead atoms. The zero-order chi connectivity index (χ0) is 6.69. The first kappa shape index (κ1) is 7.25. The Morgan fingerprint density at radius 1 is 1.78 bits per heavy atom. The summed E-state index contributed by atoms with van der Waals surface area (Å²) in [5, 5.41) is 8.43. The van der Waals surface area contributed by atoms with Crippen LogP contribution >= 0.6 is 22.9 Å². The fraction of sp³-hybridized carbons (Fsp3) is 0.800. The van der Waals surface area contributed by atoms with Gasteiger partial charge in [-0.15, -0.1) is 3.28 Å². The number of nitriles is 1. The molecule has 0 aliphatic carbocycles. The predicted octanol–water partition coefficient (Wildman–Crippen LogP) is 1.11. The fourth-order valence-corrected chi connectivity index (χ4v) is 1.12. The summed E-state index contributed by atoms with van der Waals surface area (Å²) in [6.45, 7) is 1.41. The van der Waals surface area contributed by atoms with Crippen LogP contribution in [0.1, 0.15) is 6.42 Å². The number of rotatable bonds is 0. The van der Waals surface area contributed by atoms with Gasteiger partial charge in [0.2, 0.25) is 0 Å². The van der Waals surface area contributed by atoms with Crippen molar-refractivity contribution in [1.29, 1.82) is 5.26 Å². The van der Waals surface area contributed by atoms with Crippen molar-refractivity contribution in [3.63, 3.8) is 0 Å². The predicted molar refractivity (Wildman–Crippen MR) is 40.4 cm³/mol. The Morgan fingerprint density at radius 2 is 2.56 bits per heavy atom. The number of hydrogen-bond donors (Lipinski definition) is 0. The van der Waals surface area contributed by atoms with Gasteiger partial charge in [-0.2, -0.15) is 5.26 Å². The monoisotopic (exact) mass is 238 g/mol. The summed E-state index contributed by atoms with van der Waals surface area (Å²) in [6.07, 6.45) is 0.930. The Hall–Kier alpha value is 0.140. The van der Waals surface area contributed by atoms with Gasteiger partial charge >= 0.3 is 0 Å².